The molecule has 1 aromatic rings. The summed E-state index contributed by atoms with van der Waals surface area (Å²) in [6, 6.07) is 6.75. The lowest BCUT2D eigenvalue weighted by molar-refractivity contribution is 0.104. The molecule has 0 fully saturated rings. The van der Waals surface area contributed by atoms with E-state index >= 15 is 0 Å². The number of hydrogen-bond donors (Lipinski definition) is 0. The third kappa shape index (κ3) is 2.19. The first-order valence-electron chi connectivity index (χ1n) is 5.40. The van der Waals surface area contributed by atoms with Gasteiger partial charge in [0.1, 0.15) is 0 Å². The van der Waals surface area contributed by atoms with E-state index in [-0.39, 0.29) is 4.91 Å². The zero-order valence-corrected chi connectivity index (χ0v) is 13.2. The highest BCUT2D eigenvalue weighted by molar-refractivity contribution is 8.22. The average Bonchev–Trinajstić information content (AvgIpc) is 2.41. The molecule has 0 radical (unpaired) electrons. The highest BCUT2D eigenvalue weighted by Gasteiger charge is 2.39. The van der Waals surface area contributed by atoms with Crippen LogP contribution in [0.25, 0.3) is 0 Å². The molecule has 19 heavy (non-hydrogen) atoms. The van der Waals surface area contributed by atoms with Crippen LogP contribution in [0.15, 0.2) is 33.4 Å². The van der Waals surface area contributed by atoms with Gasteiger partial charge in [0.05, 0.1) is 9.92 Å². The van der Waals surface area contributed by atoms with Crippen molar-refractivity contribution in [3.8, 4) is 0 Å². The highest BCUT2D eigenvalue weighted by Crippen LogP contribution is 2.39. The molecule has 1 aromatic carbocycles. The molecule has 0 spiro atoms. The average molecular weight is 315 g/mol. The van der Waals surface area contributed by atoms with Crippen LogP contribution in [0.2, 0.25) is 0 Å². The Kier molecular flexibility index (Phi) is 3.98. The number of carbonyl (C=O) groups is 1. The smallest absolute Gasteiger partial charge is 0.269 e. The number of para-hydroxylation sites is 1. The maximum atomic E-state index is 12.5. The van der Waals surface area contributed by atoms with Crippen LogP contribution >= 0.6 is 23.5 Å². The first-order chi connectivity index (χ1) is 8.95. The minimum Gasteiger partial charge on any atom is -0.288 e. The van der Waals surface area contributed by atoms with Gasteiger partial charge >= 0.3 is 0 Å². The molecule has 0 aromatic heterocycles. The van der Waals surface area contributed by atoms with Crippen LogP contribution in [-0.2, 0) is 10.0 Å². The summed E-state index contributed by atoms with van der Waals surface area (Å²) in [6.45, 7) is 0. The number of carbonyl (C=O) groups excluding carboxylic acids is 1. The monoisotopic (exact) mass is 315 g/mol. The normalized spacial score (nSPS) is 17.3. The van der Waals surface area contributed by atoms with E-state index in [0.717, 1.165) is 0 Å². The van der Waals surface area contributed by atoms with Gasteiger partial charge in [-0.15, -0.1) is 23.5 Å². The van der Waals surface area contributed by atoms with Gasteiger partial charge in [0, 0.05) is 12.6 Å². The minimum atomic E-state index is -3.77. The molecule has 0 saturated heterocycles. The van der Waals surface area contributed by atoms with E-state index in [1.165, 1.54) is 34.9 Å². The Bertz CT molecular complexity index is 659. The van der Waals surface area contributed by atoms with Crippen molar-refractivity contribution < 1.29 is 13.2 Å². The van der Waals surface area contributed by atoms with Gasteiger partial charge in [-0.05, 0) is 24.6 Å². The van der Waals surface area contributed by atoms with E-state index in [4.69, 9.17) is 0 Å². The van der Waals surface area contributed by atoms with E-state index in [2.05, 4.69) is 0 Å². The summed E-state index contributed by atoms with van der Waals surface area (Å²) in [7, 11) is -2.30. The Labute approximate surface area is 121 Å². The summed E-state index contributed by atoms with van der Waals surface area (Å²) in [5.41, 5.74) is 0.855. The molecule has 7 heteroatoms. The Balaban J connectivity index is 2.81. The Morgan fingerprint density at radius 1 is 1.16 bits per heavy atom. The number of nitrogens with zero attached hydrogens (tertiary/aromatic N) is 1. The minimum absolute atomic E-state index is 0.117. The number of anilines is 1. The molecule has 102 valence electrons. The SMILES string of the molecule is CSC(SC)=C1C(=O)c2ccccc2N(C)S1(=O)=O. The van der Waals surface area contributed by atoms with Gasteiger partial charge in [0.25, 0.3) is 10.0 Å². The van der Waals surface area contributed by atoms with Crippen molar-refractivity contribution in [2.24, 2.45) is 0 Å². The number of allylic oxidation sites excluding steroid dienone is 1. The third-order valence-electron chi connectivity index (χ3n) is 2.87. The molecule has 1 heterocycles. The highest BCUT2D eigenvalue weighted by atomic mass is 32.2. The molecule has 0 atom stereocenters. The fourth-order valence-corrected chi connectivity index (χ4v) is 5.51. The molecule has 2 rings (SSSR count). The number of hydrogen-bond acceptors (Lipinski definition) is 5. The second kappa shape index (κ2) is 5.22. The van der Waals surface area contributed by atoms with Crippen LogP contribution in [0.3, 0.4) is 0 Å². The molecule has 0 unspecified atom stereocenters. The van der Waals surface area contributed by atoms with Crippen molar-refractivity contribution >= 4 is 45.0 Å². The molecular formula is C12H13NO3S3. The standard InChI is InChI=1S/C12H13NO3S3/c1-13-9-7-5-4-6-8(9)10(14)11(19(13,15)16)12(17-2)18-3/h4-7H,1-3H3. The van der Waals surface area contributed by atoms with Gasteiger partial charge < -0.3 is 0 Å². The lowest BCUT2D eigenvalue weighted by Gasteiger charge is -2.28. The topological polar surface area (TPSA) is 54.5 Å². The molecule has 0 aliphatic carbocycles. The molecule has 0 saturated carbocycles. The summed E-state index contributed by atoms with van der Waals surface area (Å²) in [4.78, 5) is 12.3. The predicted octanol–water partition coefficient (Wildman–Crippen LogP) is 2.54. The molecule has 1 aliphatic rings. The fourth-order valence-electron chi connectivity index (χ4n) is 1.91. The van der Waals surface area contributed by atoms with Crippen LogP contribution < -0.4 is 4.31 Å². The number of benzene rings is 1. The molecule has 1 aliphatic heterocycles. The predicted molar refractivity (Wildman–Crippen MR) is 82.2 cm³/mol. The molecule has 4 nitrogen and oxygen atoms in total. The van der Waals surface area contributed by atoms with Crippen molar-refractivity contribution in [1.82, 2.24) is 0 Å². The van der Waals surface area contributed by atoms with Crippen molar-refractivity contribution in [3.05, 3.63) is 39.0 Å². The second-order valence-electron chi connectivity index (χ2n) is 3.84. The summed E-state index contributed by atoms with van der Waals surface area (Å²) < 4.78 is 26.6. The van der Waals surface area contributed by atoms with Crippen LogP contribution in [0, 0.1) is 0 Å². The van der Waals surface area contributed by atoms with Gasteiger partial charge in [-0.25, -0.2) is 8.42 Å². The van der Waals surface area contributed by atoms with Gasteiger partial charge in [0.15, 0.2) is 4.91 Å². The van der Waals surface area contributed by atoms with E-state index in [1.54, 1.807) is 36.8 Å². The fraction of sp³-hybridized carbons (Fsp3) is 0.250. The zero-order valence-electron chi connectivity index (χ0n) is 10.7. The number of sulfonamides is 1. The van der Waals surface area contributed by atoms with Gasteiger partial charge in [-0.3, -0.25) is 9.10 Å². The molecular weight excluding hydrogens is 302 g/mol. The van der Waals surface area contributed by atoms with Crippen LogP contribution in [-0.4, -0.2) is 33.8 Å². The van der Waals surface area contributed by atoms with Crippen molar-refractivity contribution in [2.45, 2.75) is 0 Å². The quantitative estimate of drug-likeness (QED) is 0.785. The van der Waals surface area contributed by atoms with E-state index in [0.29, 0.717) is 15.5 Å². The first-order valence-corrected chi connectivity index (χ1v) is 9.29. The van der Waals surface area contributed by atoms with E-state index < -0.39 is 15.8 Å². The summed E-state index contributed by atoms with van der Waals surface area (Å²) in [5, 5.41) is 0. The van der Waals surface area contributed by atoms with Crippen molar-refractivity contribution in [1.29, 1.82) is 0 Å². The molecule has 0 amide bonds. The Morgan fingerprint density at radius 2 is 1.74 bits per heavy atom. The van der Waals surface area contributed by atoms with Crippen LogP contribution in [0.4, 0.5) is 5.69 Å². The van der Waals surface area contributed by atoms with Gasteiger partial charge in [0.2, 0.25) is 5.78 Å². The maximum absolute atomic E-state index is 12.5. The number of ketones is 1. The summed E-state index contributed by atoms with van der Waals surface area (Å²) >= 11 is 2.55. The van der Waals surface area contributed by atoms with Crippen LogP contribution in [0.5, 0.6) is 0 Å². The van der Waals surface area contributed by atoms with Crippen molar-refractivity contribution in [3.63, 3.8) is 0 Å². The van der Waals surface area contributed by atoms with Crippen LogP contribution in [0.1, 0.15) is 10.4 Å². The maximum Gasteiger partial charge on any atom is 0.269 e. The van der Waals surface area contributed by atoms with E-state index in [1.807, 2.05) is 0 Å². The van der Waals surface area contributed by atoms with Gasteiger partial charge in [-0.2, -0.15) is 0 Å². The van der Waals surface area contributed by atoms with Crippen molar-refractivity contribution in [2.75, 3.05) is 23.9 Å². The first kappa shape index (κ1) is 14.5. The second-order valence-corrected chi connectivity index (χ2v) is 7.64. The number of fused-ring (bicyclic) bond motifs is 1. The number of rotatable bonds is 2. The lowest BCUT2D eigenvalue weighted by atomic mass is 10.1. The Hall–Kier alpha value is -0.920. The molecule has 0 bridgehead atoms. The van der Waals surface area contributed by atoms with E-state index in [9.17, 15) is 13.2 Å². The third-order valence-corrected chi connectivity index (χ3v) is 7.10. The summed E-state index contributed by atoms with van der Waals surface area (Å²) in [5.74, 6) is -0.424. The lowest BCUT2D eigenvalue weighted by Crippen LogP contribution is -2.36. The Morgan fingerprint density at radius 3 is 2.32 bits per heavy atom. The number of thioether (sulfide) groups is 2. The molecule has 0 N–H and O–H groups in total. The van der Waals surface area contributed by atoms with Gasteiger partial charge in [-0.1, -0.05) is 12.1 Å². The zero-order chi connectivity index (χ0) is 14.2. The largest absolute Gasteiger partial charge is 0.288 e. The summed E-state index contributed by atoms with van der Waals surface area (Å²) in [6.07, 6.45) is 3.53. The number of Topliss-reactive ketones (excluding diaryl/α,β-unsaturated/α-hetero) is 1.